The first-order chi connectivity index (χ1) is 7.69. The van der Waals surface area contributed by atoms with Crippen LogP contribution in [0.2, 0.25) is 0 Å². The third-order valence-corrected chi connectivity index (χ3v) is 2.61. The van der Waals surface area contributed by atoms with Gasteiger partial charge in [0.25, 0.3) is 0 Å². The van der Waals surface area contributed by atoms with Gasteiger partial charge in [0.05, 0.1) is 0 Å². The first-order valence-corrected chi connectivity index (χ1v) is 5.43. The largest absolute Gasteiger partial charge is 0.375 e. The van der Waals surface area contributed by atoms with Crippen LogP contribution in [0.25, 0.3) is 0 Å². The molecule has 1 heterocycles. The Hall–Kier alpha value is -0.850. The zero-order chi connectivity index (χ0) is 12.0. The lowest BCUT2D eigenvalue weighted by Crippen LogP contribution is -2.51. The molecular formula is C10H20ClN3O3. The number of hydrogen-bond donors (Lipinski definition) is 1. The van der Waals surface area contributed by atoms with E-state index in [1.807, 2.05) is 0 Å². The van der Waals surface area contributed by atoms with Crippen LogP contribution in [0.3, 0.4) is 0 Å². The highest BCUT2D eigenvalue weighted by atomic mass is 35.5. The highest BCUT2D eigenvalue weighted by Gasteiger charge is 2.23. The van der Waals surface area contributed by atoms with Gasteiger partial charge in [0.2, 0.25) is 11.8 Å². The van der Waals surface area contributed by atoms with Crippen LogP contribution in [-0.4, -0.2) is 68.1 Å². The van der Waals surface area contributed by atoms with Crippen LogP contribution in [-0.2, 0) is 14.3 Å². The van der Waals surface area contributed by atoms with Gasteiger partial charge in [-0.05, 0) is 0 Å². The average Bonchev–Trinajstić information content (AvgIpc) is 2.30. The second-order valence-corrected chi connectivity index (χ2v) is 3.73. The van der Waals surface area contributed by atoms with Gasteiger partial charge in [-0.2, -0.15) is 0 Å². The fourth-order valence-corrected chi connectivity index (χ4v) is 1.70. The van der Waals surface area contributed by atoms with Gasteiger partial charge >= 0.3 is 0 Å². The van der Waals surface area contributed by atoms with Gasteiger partial charge in [-0.3, -0.25) is 9.59 Å². The van der Waals surface area contributed by atoms with Crippen LogP contribution in [0, 0.1) is 0 Å². The second kappa shape index (κ2) is 8.27. The van der Waals surface area contributed by atoms with Crippen LogP contribution < -0.4 is 5.73 Å². The molecular weight excluding hydrogens is 246 g/mol. The predicted octanol–water partition coefficient (Wildman–Crippen LogP) is -0.926. The third-order valence-electron chi connectivity index (χ3n) is 2.61. The number of ether oxygens (including phenoxy) is 1. The summed E-state index contributed by atoms with van der Waals surface area (Å²) in [4.78, 5) is 26.5. The van der Waals surface area contributed by atoms with E-state index >= 15 is 0 Å². The van der Waals surface area contributed by atoms with Crippen molar-refractivity contribution in [1.82, 2.24) is 9.80 Å². The minimum atomic E-state index is -0.0200. The molecule has 1 aliphatic heterocycles. The van der Waals surface area contributed by atoms with Crippen LogP contribution >= 0.6 is 12.4 Å². The summed E-state index contributed by atoms with van der Waals surface area (Å²) in [5.41, 5.74) is 5.32. The van der Waals surface area contributed by atoms with Crippen LogP contribution in [0.15, 0.2) is 0 Å². The molecule has 0 aliphatic carbocycles. The average molecular weight is 266 g/mol. The first-order valence-electron chi connectivity index (χ1n) is 5.43. The van der Waals surface area contributed by atoms with Gasteiger partial charge in [-0.1, -0.05) is 0 Å². The van der Waals surface area contributed by atoms with Crippen molar-refractivity contribution in [2.45, 2.75) is 6.42 Å². The molecule has 0 unspecified atom stereocenters. The maximum absolute atomic E-state index is 11.5. The van der Waals surface area contributed by atoms with Crippen molar-refractivity contribution >= 4 is 24.2 Å². The van der Waals surface area contributed by atoms with E-state index in [1.165, 1.54) is 7.11 Å². The lowest BCUT2D eigenvalue weighted by atomic mass is 10.2. The Morgan fingerprint density at radius 2 is 1.59 bits per heavy atom. The molecule has 1 rings (SSSR count). The van der Waals surface area contributed by atoms with Crippen molar-refractivity contribution in [2.24, 2.45) is 5.73 Å². The van der Waals surface area contributed by atoms with Crippen molar-refractivity contribution in [3.63, 3.8) is 0 Å². The van der Waals surface area contributed by atoms with Gasteiger partial charge in [0.15, 0.2) is 0 Å². The smallest absolute Gasteiger partial charge is 0.248 e. The number of hydrogen-bond acceptors (Lipinski definition) is 4. The minimum absolute atomic E-state index is 0. The number of carbonyl (C=O) groups excluding carboxylic acids is 2. The zero-order valence-corrected chi connectivity index (χ0v) is 10.9. The van der Waals surface area contributed by atoms with Crippen molar-refractivity contribution in [2.75, 3.05) is 46.4 Å². The summed E-state index contributed by atoms with van der Waals surface area (Å²) in [6.07, 6.45) is 0.381. The number of amides is 2. The van der Waals surface area contributed by atoms with Gasteiger partial charge in [-0.25, -0.2) is 0 Å². The Balaban J connectivity index is 0.00000256. The Morgan fingerprint density at radius 3 is 2.00 bits per heavy atom. The lowest BCUT2D eigenvalue weighted by molar-refractivity contribution is -0.141. The van der Waals surface area contributed by atoms with Gasteiger partial charge in [0, 0.05) is 46.3 Å². The molecule has 0 spiro atoms. The number of methoxy groups -OCH3 is 1. The summed E-state index contributed by atoms with van der Waals surface area (Å²) in [5.74, 6) is 0.0507. The van der Waals surface area contributed by atoms with Crippen molar-refractivity contribution in [3.8, 4) is 0 Å². The number of piperazine rings is 1. The Morgan fingerprint density at radius 1 is 1.12 bits per heavy atom. The molecule has 0 aromatic carbocycles. The normalized spacial score (nSPS) is 15.4. The predicted molar refractivity (Wildman–Crippen MR) is 66.0 cm³/mol. The number of nitrogens with two attached hydrogens (primary N) is 1. The summed E-state index contributed by atoms with van der Waals surface area (Å²) in [6.45, 7) is 2.83. The van der Waals surface area contributed by atoms with Crippen molar-refractivity contribution in [3.05, 3.63) is 0 Å². The molecule has 0 aromatic rings. The summed E-state index contributed by atoms with van der Waals surface area (Å²) in [7, 11) is 1.50. The van der Waals surface area contributed by atoms with E-state index in [1.54, 1.807) is 9.80 Å². The highest BCUT2D eigenvalue weighted by Crippen LogP contribution is 2.03. The Kier molecular flexibility index (Phi) is 7.86. The molecule has 0 radical (unpaired) electrons. The van der Waals surface area contributed by atoms with E-state index in [0.29, 0.717) is 39.1 Å². The number of halogens is 1. The number of rotatable bonds is 4. The van der Waals surface area contributed by atoms with E-state index in [4.69, 9.17) is 10.5 Å². The second-order valence-electron chi connectivity index (χ2n) is 3.73. The van der Waals surface area contributed by atoms with Crippen LogP contribution in [0.1, 0.15) is 6.42 Å². The van der Waals surface area contributed by atoms with Crippen LogP contribution in [0.5, 0.6) is 0 Å². The Labute approximate surface area is 107 Å². The Bertz CT molecular complexity index is 229. The topological polar surface area (TPSA) is 75.9 Å². The molecule has 6 nitrogen and oxygen atoms in total. The molecule has 7 heteroatoms. The lowest BCUT2D eigenvalue weighted by Gasteiger charge is -2.34. The monoisotopic (exact) mass is 265 g/mol. The summed E-state index contributed by atoms with van der Waals surface area (Å²) >= 11 is 0. The molecule has 0 bridgehead atoms. The summed E-state index contributed by atoms with van der Waals surface area (Å²) in [6, 6.07) is 0. The fraction of sp³-hybridized carbons (Fsp3) is 0.800. The van der Waals surface area contributed by atoms with Gasteiger partial charge in [-0.15, -0.1) is 12.4 Å². The zero-order valence-electron chi connectivity index (χ0n) is 10.1. The van der Waals surface area contributed by atoms with E-state index in [-0.39, 0.29) is 30.8 Å². The molecule has 1 fully saturated rings. The third kappa shape index (κ3) is 4.89. The molecule has 2 amide bonds. The molecule has 1 aliphatic rings. The highest BCUT2D eigenvalue weighted by molar-refractivity contribution is 5.85. The van der Waals surface area contributed by atoms with Crippen molar-refractivity contribution < 1.29 is 14.3 Å². The minimum Gasteiger partial charge on any atom is -0.375 e. The number of carbonyl (C=O) groups is 2. The molecule has 0 atom stereocenters. The maximum atomic E-state index is 11.5. The molecule has 2 N–H and O–H groups in total. The van der Waals surface area contributed by atoms with Gasteiger partial charge in [0.1, 0.15) is 6.61 Å². The number of nitrogens with zero attached hydrogens (tertiary/aromatic N) is 2. The molecule has 1 saturated heterocycles. The molecule has 0 saturated carbocycles. The van der Waals surface area contributed by atoms with Crippen LogP contribution in [0.4, 0.5) is 0 Å². The standard InChI is InChI=1S/C10H19N3O3.ClH/c1-16-8-10(15)13-6-4-12(5-7-13)9(14)2-3-11;/h2-8,11H2,1H3;1H. The van der Waals surface area contributed by atoms with E-state index < -0.39 is 0 Å². The van der Waals surface area contributed by atoms with Crippen molar-refractivity contribution in [1.29, 1.82) is 0 Å². The maximum Gasteiger partial charge on any atom is 0.248 e. The van der Waals surface area contributed by atoms with E-state index in [2.05, 4.69) is 0 Å². The summed E-state index contributed by atoms with van der Waals surface area (Å²) in [5, 5.41) is 0. The first kappa shape index (κ1) is 16.1. The van der Waals surface area contributed by atoms with Gasteiger partial charge < -0.3 is 20.3 Å². The van der Waals surface area contributed by atoms with E-state index in [0.717, 1.165) is 0 Å². The molecule has 17 heavy (non-hydrogen) atoms. The summed E-state index contributed by atoms with van der Waals surface area (Å²) < 4.78 is 4.78. The molecule has 0 aromatic heterocycles. The SMILES string of the molecule is COCC(=O)N1CCN(C(=O)CCN)CC1.Cl. The molecule has 100 valence electrons. The quantitative estimate of drug-likeness (QED) is 0.713. The van der Waals surface area contributed by atoms with E-state index in [9.17, 15) is 9.59 Å². The fourth-order valence-electron chi connectivity index (χ4n) is 1.70.